The minimum absolute atomic E-state index is 0.184. The number of amides is 2. The molecule has 1 aliphatic heterocycles. The molecule has 5 nitrogen and oxygen atoms in total. The average molecular weight is 573 g/mol. The van der Waals surface area contributed by atoms with E-state index >= 15 is 0 Å². The number of rotatable bonds is 5. The second-order valence-corrected chi connectivity index (χ2v) is 10.3. The number of halogens is 3. The molecule has 0 unspecified atom stereocenters. The van der Waals surface area contributed by atoms with Crippen LogP contribution >= 0.6 is 50.9 Å². The van der Waals surface area contributed by atoms with Crippen molar-refractivity contribution in [2.45, 2.75) is 11.7 Å². The summed E-state index contributed by atoms with van der Waals surface area (Å²) in [7, 11) is 0. The number of nitriles is 1. The van der Waals surface area contributed by atoms with E-state index in [2.05, 4.69) is 21.2 Å². The molecule has 1 heterocycles. The highest BCUT2D eigenvalue weighted by molar-refractivity contribution is 9.10. The van der Waals surface area contributed by atoms with Crippen molar-refractivity contribution in [2.75, 3.05) is 10.2 Å². The summed E-state index contributed by atoms with van der Waals surface area (Å²) in [6.45, 7) is 0. The molecule has 1 atom stereocenters. The highest BCUT2D eigenvalue weighted by atomic mass is 79.9. The second-order valence-electron chi connectivity index (χ2n) is 7.32. The van der Waals surface area contributed by atoms with Gasteiger partial charge in [-0.25, -0.2) is 0 Å². The Balaban J connectivity index is 1.72. The Hall–Kier alpha value is -2.76. The van der Waals surface area contributed by atoms with Gasteiger partial charge in [0, 0.05) is 15.2 Å². The Kier molecular flexibility index (Phi) is 7.64. The van der Waals surface area contributed by atoms with Crippen LogP contribution in [0.25, 0.3) is 0 Å². The van der Waals surface area contributed by atoms with Crippen molar-refractivity contribution in [3.05, 3.63) is 103 Å². The first kappa shape index (κ1) is 24.4. The van der Waals surface area contributed by atoms with E-state index in [-0.39, 0.29) is 27.2 Å². The smallest absolute Gasteiger partial charge is 0.269 e. The van der Waals surface area contributed by atoms with Gasteiger partial charge in [0.2, 0.25) is 5.91 Å². The van der Waals surface area contributed by atoms with E-state index in [4.69, 9.17) is 23.2 Å². The van der Waals surface area contributed by atoms with Gasteiger partial charge in [0.15, 0.2) is 0 Å². The van der Waals surface area contributed by atoms with Crippen molar-refractivity contribution in [3.8, 4) is 6.07 Å². The van der Waals surface area contributed by atoms with Gasteiger partial charge >= 0.3 is 0 Å². The van der Waals surface area contributed by atoms with Crippen molar-refractivity contribution in [1.29, 1.82) is 5.26 Å². The summed E-state index contributed by atoms with van der Waals surface area (Å²) >= 11 is 16.8. The maximum Gasteiger partial charge on any atom is 0.269 e. The van der Waals surface area contributed by atoms with E-state index in [9.17, 15) is 14.9 Å². The lowest BCUT2D eigenvalue weighted by Crippen LogP contribution is -2.30. The van der Waals surface area contributed by atoms with Gasteiger partial charge in [-0.15, -0.1) is 0 Å². The zero-order valence-electron chi connectivity index (χ0n) is 17.5. The Morgan fingerprint density at radius 1 is 1.09 bits per heavy atom. The maximum atomic E-state index is 13.5. The highest BCUT2D eigenvalue weighted by Gasteiger charge is 2.40. The van der Waals surface area contributed by atoms with E-state index in [1.54, 1.807) is 36.4 Å². The van der Waals surface area contributed by atoms with Crippen LogP contribution in [-0.2, 0) is 16.0 Å². The minimum atomic E-state index is -0.674. The first-order valence-corrected chi connectivity index (χ1v) is 12.5. The fourth-order valence-electron chi connectivity index (χ4n) is 3.41. The lowest BCUT2D eigenvalue weighted by atomic mass is 10.1. The second kappa shape index (κ2) is 10.7. The third-order valence-corrected chi connectivity index (χ3v) is 7.39. The monoisotopic (exact) mass is 571 g/mol. The quantitative estimate of drug-likeness (QED) is 0.269. The molecule has 0 aliphatic carbocycles. The third-order valence-electron chi connectivity index (χ3n) is 5.03. The van der Waals surface area contributed by atoms with Gasteiger partial charge in [-0.1, -0.05) is 81.2 Å². The molecule has 3 aromatic carbocycles. The molecular weight excluding hydrogens is 557 g/mol. The molecule has 1 aliphatic rings. The Labute approximate surface area is 219 Å². The van der Waals surface area contributed by atoms with Crippen molar-refractivity contribution in [2.24, 2.45) is 0 Å². The Morgan fingerprint density at radius 3 is 2.47 bits per heavy atom. The molecule has 0 bridgehead atoms. The number of thioether (sulfide) groups is 1. The summed E-state index contributed by atoms with van der Waals surface area (Å²) in [6.07, 6.45) is 0.448. The summed E-state index contributed by atoms with van der Waals surface area (Å²) in [4.78, 5) is 28.0. The first-order chi connectivity index (χ1) is 16.4. The van der Waals surface area contributed by atoms with Crippen LogP contribution in [0, 0.1) is 11.3 Å². The number of para-hydroxylation sites is 1. The number of nitrogens with one attached hydrogen (secondary N) is 1. The largest absolute Gasteiger partial charge is 0.320 e. The highest BCUT2D eigenvalue weighted by Crippen LogP contribution is 2.42. The lowest BCUT2D eigenvalue weighted by Gasteiger charge is -2.18. The summed E-state index contributed by atoms with van der Waals surface area (Å²) in [6, 6.07) is 23.3. The number of anilines is 2. The molecule has 2 amide bonds. The zero-order valence-corrected chi connectivity index (χ0v) is 21.4. The molecule has 1 saturated heterocycles. The normalized spacial score (nSPS) is 16.8. The fourth-order valence-corrected chi connectivity index (χ4v) is 5.32. The lowest BCUT2D eigenvalue weighted by molar-refractivity contribution is -0.117. The van der Waals surface area contributed by atoms with E-state index in [1.165, 1.54) is 22.7 Å². The fraction of sp³-hybridized carbons (Fsp3) is 0.0800. The number of hydrogen-bond acceptors (Lipinski definition) is 4. The summed E-state index contributed by atoms with van der Waals surface area (Å²) in [5.41, 5.74) is 1.64. The summed E-state index contributed by atoms with van der Waals surface area (Å²) < 4.78 is 0.941. The van der Waals surface area contributed by atoms with Crippen LogP contribution in [-0.4, -0.2) is 17.1 Å². The van der Waals surface area contributed by atoms with E-state index in [1.807, 2.05) is 36.4 Å². The summed E-state index contributed by atoms with van der Waals surface area (Å²) in [5.74, 6) is -0.873. The predicted octanol–water partition coefficient (Wildman–Crippen LogP) is 6.82. The standard InChI is InChI=1S/C25H16BrCl2N3O2S/c26-16-8-6-15(7-9-16)12-22-24(33)31(18-4-2-1-3-5-18)25(34-22)19(14-29)23(32)30-21-13-17(27)10-11-20(21)28/h1-11,13,22H,12H2,(H,30,32)/b25-19-/t22-/m1/s1. The zero-order chi connectivity index (χ0) is 24.2. The molecule has 1 N–H and O–H groups in total. The van der Waals surface area contributed by atoms with Gasteiger partial charge in [0.1, 0.15) is 16.7 Å². The maximum absolute atomic E-state index is 13.5. The Morgan fingerprint density at radius 2 is 1.79 bits per heavy atom. The molecule has 9 heteroatoms. The van der Waals surface area contributed by atoms with Gasteiger partial charge < -0.3 is 5.32 Å². The van der Waals surface area contributed by atoms with E-state index < -0.39 is 11.2 Å². The van der Waals surface area contributed by atoms with Gasteiger partial charge in [0.05, 0.1) is 16.0 Å². The Bertz CT molecular complexity index is 1320. The van der Waals surface area contributed by atoms with Gasteiger partial charge in [0.25, 0.3) is 5.91 Å². The summed E-state index contributed by atoms with van der Waals surface area (Å²) in [5, 5.41) is 13.0. The van der Waals surface area contributed by atoms with Crippen molar-refractivity contribution >= 4 is 74.1 Å². The van der Waals surface area contributed by atoms with Gasteiger partial charge in [-0.05, 0) is 54.4 Å². The number of carbonyl (C=O) groups is 2. The van der Waals surface area contributed by atoms with Crippen molar-refractivity contribution in [3.63, 3.8) is 0 Å². The first-order valence-electron chi connectivity index (χ1n) is 10.1. The molecule has 170 valence electrons. The molecule has 0 saturated carbocycles. The van der Waals surface area contributed by atoms with Crippen LogP contribution in [0.3, 0.4) is 0 Å². The van der Waals surface area contributed by atoms with Gasteiger partial charge in [-0.2, -0.15) is 5.26 Å². The third kappa shape index (κ3) is 5.31. The van der Waals surface area contributed by atoms with Crippen LogP contribution in [0.2, 0.25) is 10.0 Å². The molecule has 0 aromatic heterocycles. The van der Waals surface area contributed by atoms with Crippen LogP contribution in [0.4, 0.5) is 11.4 Å². The molecule has 3 aromatic rings. The van der Waals surface area contributed by atoms with E-state index in [0.717, 1.165) is 10.0 Å². The topological polar surface area (TPSA) is 73.2 Å². The molecule has 1 fully saturated rings. The van der Waals surface area contributed by atoms with Crippen LogP contribution in [0.5, 0.6) is 0 Å². The van der Waals surface area contributed by atoms with E-state index in [0.29, 0.717) is 17.1 Å². The number of carbonyl (C=O) groups excluding carboxylic acids is 2. The van der Waals surface area contributed by atoms with Crippen molar-refractivity contribution < 1.29 is 9.59 Å². The van der Waals surface area contributed by atoms with Crippen molar-refractivity contribution in [1.82, 2.24) is 0 Å². The SMILES string of the molecule is N#C/C(C(=O)Nc1cc(Cl)ccc1Cl)=C1/S[C@H](Cc2ccc(Br)cc2)C(=O)N1c1ccccc1. The van der Waals surface area contributed by atoms with Gasteiger partial charge in [-0.3, -0.25) is 14.5 Å². The van der Waals surface area contributed by atoms with Crippen LogP contribution < -0.4 is 10.2 Å². The molecule has 0 spiro atoms. The number of nitrogens with zero attached hydrogens (tertiary/aromatic N) is 2. The number of benzene rings is 3. The minimum Gasteiger partial charge on any atom is -0.320 e. The average Bonchev–Trinajstić information content (AvgIpc) is 3.14. The predicted molar refractivity (Wildman–Crippen MR) is 141 cm³/mol. The molecule has 4 rings (SSSR count). The number of hydrogen-bond donors (Lipinski definition) is 1. The van der Waals surface area contributed by atoms with Crippen LogP contribution in [0.15, 0.2) is 87.9 Å². The molecular formula is C25H16BrCl2N3O2S. The molecule has 0 radical (unpaired) electrons. The molecule has 34 heavy (non-hydrogen) atoms. The van der Waals surface area contributed by atoms with Crippen LogP contribution in [0.1, 0.15) is 5.56 Å².